The Morgan fingerprint density at radius 1 is 0.432 bits per heavy atom. The second-order valence-corrected chi connectivity index (χ2v) is 33.6. The molecule has 19 aromatic rings. The number of nitrogens with zero attached hydrogens (tertiary/aromatic N) is 26. The van der Waals surface area contributed by atoms with Gasteiger partial charge >= 0.3 is 0 Å². The third kappa shape index (κ3) is 19.3. The number of rotatable bonds is 23. The summed E-state index contributed by atoms with van der Waals surface area (Å²) in [5, 5.41) is 48.1. The predicted octanol–water partition coefficient (Wildman–Crippen LogP) is 15.9. The largest absolute Gasteiger partial charge is 0.421 e. The molecule has 0 amide bonds. The second kappa shape index (κ2) is 40.1. The van der Waals surface area contributed by atoms with Crippen LogP contribution in [0.15, 0.2) is 203 Å². The maximum absolute atomic E-state index is 14.2. The average molecular weight is 1950 g/mol. The number of nitrogens with two attached hydrogens (primary N) is 4. The lowest BCUT2D eigenvalue weighted by Gasteiger charge is -2.23. The van der Waals surface area contributed by atoms with E-state index >= 15 is 0 Å². The Balaban J connectivity index is 0.000000128. The van der Waals surface area contributed by atoms with Crippen LogP contribution in [0, 0.1) is 40.4 Å². The molecule has 4 atom stereocenters. The zero-order valence-electron chi connectivity index (χ0n) is 75.8. The molecular weight excluding hydrogens is 1870 g/mol. The highest BCUT2D eigenvalue weighted by molar-refractivity contribution is 6.36. The molecule has 1 fully saturated rings. The molecule has 12 N–H and O–H groups in total. The van der Waals surface area contributed by atoms with Crippen LogP contribution in [0.3, 0.4) is 0 Å². The highest BCUT2D eigenvalue weighted by Gasteiger charge is 2.34. The normalized spacial score (nSPS) is 12.7. The van der Waals surface area contributed by atoms with Crippen molar-refractivity contribution < 1.29 is 17.7 Å². The van der Waals surface area contributed by atoms with Crippen LogP contribution in [0.4, 0.5) is 50.9 Å². The van der Waals surface area contributed by atoms with Gasteiger partial charge in [0.25, 0.3) is 34.0 Å². The number of aromatic nitrogens is 26. The average Bonchev–Trinajstić information content (AvgIpc) is 1.75. The van der Waals surface area contributed by atoms with Crippen molar-refractivity contribution in [2.24, 2.45) is 7.05 Å². The summed E-state index contributed by atoms with van der Waals surface area (Å²) in [7, 11) is 1.63. The molecule has 20 rings (SSSR count). The number of nitrogens with one attached hydrogen (secondary N) is 4. The van der Waals surface area contributed by atoms with E-state index in [1.807, 2.05) is 90.1 Å². The van der Waals surface area contributed by atoms with E-state index in [0.29, 0.717) is 176 Å². The molecule has 46 heteroatoms. The smallest absolute Gasteiger partial charge is 0.267 e. The van der Waals surface area contributed by atoms with Gasteiger partial charge in [0.05, 0.1) is 112 Å². The Kier molecular flexibility index (Phi) is 27.2. The fourth-order valence-electron chi connectivity index (χ4n) is 15.8. The van der Waals surface area contributed by atoms with Crippen molar-refractivity contribution in [1.82, 2.24) is 129 Å². The van der Waals surface area contributed by atoms with Crippen LogP contribution in [0.2, 0.25) is 20.1 Å². The molecular formula is C93H85Cl4FN34O7. The lowest BCUT2D eigenvalue weighted by atomic mass is 10.1. The first-order valence-electron chi connectivity index (χ1n) is 43.4. The Labute approximate surface area is 807 Å². The molecule has 7 aromatic carbocycles. The van der Waals surface area contributed by atoms with Crippen molar-refractivity contribution in [3.8, 4) is 62.7 Å². The van der Waals surface area contributed by atoms with Gasteiger partial charge in [0.1, 0.15) is 123 Å². The predicted molar refractivity (Wildman–Crippen MR) is 525 cm³/mol. The van der Waals surface area contributed by atoms with Crippen molar-refractivity contribution in [2.75, 3.05) is 44.2 Å². The molecule has 0 saturated heterocycles. The first-order valence-corrected chi connectivity index (χ1v) is 44.9. The number of hydrogen-bond acceptors (Lipinski definition) is 36. The summed E-state index contributed by atoms with van der Waals surface area (Å²) in [6.45, 7) is 16.7. The molecule has 704 valence electrons. The van der Waals surface area contributed by atoms with E-state index in [2.05, 4.69) is 107 Å². The maximum Gasteiger partial charge on any atom is 0.267 e. The van der Waals surface area contributed by atoms with Crippen LogP contribution < -0.4 is 66.4 Å². The van der Waals surface area contributed by atoms with E-state index in [-0.39, 0.29) is 85.9 Å². The number of aryl methyl sites for hydroxylation is 6. The van der Waals surface area contributed by atoms with Crippen LogP contribution in [-0.4, -0.2) is 129 Å². The zero-order chi connectivity index (χ0) is 97.9. The monoisotopic (exact) mass is 1950 g/mol. The lowest BCUT2D eigenvalue weighted by molar-refractivity contribution is 0.394. The van der Waals surface area contributed by atoms with Crippen LogP contribution in [0.5, 0.6) is 0 Å². The number of halogens is 5. The van der Waals surface area contributed by atoms with Gasteiger partial charge in [-0.15, -0.1) is 30.6 Å². The Bertz CT molecular complexity index is 7940. The number of tetrazole rings is 1. The first kappa shape index (κ1) is 94.2. The van der Waals surface area contributed by atoms with Crippen LogP contribution in [0.25, 0.3) is 106 Å². The van der Waals surface area contributed by atoms with Crippen LogP contribution in [-0.2, 0) is 7.05 Å². The molecule has 0 radical (unpaired) electrons. The van der Waals surface area contributed by atoms with Gasteiger partial charge in [-0.2, -0.15) is 9.78 Å². The van der Waals surface area contributed by atoms with Gasteiger partial charge in [0.15, 0.2) is 0 Å². The molecule has 0 unspecified atom stereocenters. The molecule has 139 heavy (non-hydrogen) atoms. The van der Waals surface area contributed by atoms with Gasteiger partial charge in [-0.1, -0.05) is 133 Å². The van der Waals surface area contributed by atoms with E-state index < -0.39 is 29.5 Å². The number of fused-ring (bicyclic) bond motifs is 4. The van der Waals surface area contributed by atoms with Crippen molar-refractivity contribution in [3.05, 3.63) is 290 Å². The summed E-state index contributed by atoms with van der Waals surface area (Å²) in [5.41, 5.74) is 30.6. The fraction of sp³-hybridized carbons (Fsp3) is 0.215. The SMILES string of the molecule is CC[C@H](Nc1ncnc(N)c1-c1nnc(C)o1)c1nc2cccc(Cl)c2c(=O)n1-c1cccc(C)c1.CC[C@H](Nc1ncnc(N)c1-c1nnc(C)o1)c1nc2cccc(Cl)c2c(=O)n1-c1ccccc1C.CC[C@H](Nc1ncnc(N)c1-c1nnn(C)n1)c1nc2cccc(Cl)c2c(=O)n1-c1cccc(F)c1.Cc1nc(-c2c(N)ncnc2N[C@@H](C)c2nc3cccc(Cl)c3c(=O)n2C2CC2)no1. The highest BCUT2D eigenvalue weighted by Crippen LogP contribution is 2.42. The molecule has 0 spiro atoms. The van der Waals surface area contributed by atoms with E-state index in [0.717, 1.165) is 24.0 Å². The molecule has 41 nitrogen and oxygen atoms in total. The van der Waals surface area contributed by atoms with Gasteiger partial charge in [-0.25, -0.2) is 64.2 Å². The van der Waals surface area contributed by atoms with Gasteiger partial charge in [-0.05, 0) is 154 Å². The van der Waals surface area contributed by atoms with Crippen molar-refractivity contribution in [3.63, 3.8) is 0 Å². The molecule has 12 aromatic heterocycles. The van der Waals surface area contributed by atoms with Gasteiger partial charge in [0, 0.05) is 26.8 Å². The van der Waals surface area contributed by atoms with E-state index in [1.165, 1.54) is 52.9 Å². The van der Waals surface area contributed by atoms with E-state index in [4.69, 9.17) is 103 Å². The summed E-state index contributed by atoms with van der Waals surface area (Å²) in [6, 6.07) is 40.0. The molecule has 1 saturated carbocycles. The van der Waals surface area contributed by atoms with Crippen molar-refractivity contribution in [2.45, 2.75) is 125 Å². The van der Waals surface area contributed by atoms with Crippen LogP contribution in [0.1, 0.15) is 142 Å². The Hall–Kier alpha value is -16.6. The fourth-order valence-corrected chi connectivity index (χ4v) is 16.8. The lowest BCUT2D eigenvalue weighted by Crippen LogP contribution is -2.29. The molecule has 0 aliphatic heterocycles. The molecule has 0 bridgehead atoms. The summed E-state index contributed by atoms with van der Waals surface area (Å²) in [5.74, 6) is 5.71. The quantitative estimate of drug-likeness (QED) is 0.0295. The number of nitrogen functional groups attached to an aromatic ring is 4. The number of para-hydroxylation sites is 1. The molecule has 1 aliphatic rings. The van der Waals surface area contributed by atoms with Crippen LogP contribution >= 0.6 is 46.4 Å². The third-order valence-electron chi connectivity index (χ3n) is 22.4. The summed E-state index contributed by atoms with van der Waals surface area (Å²) in [6.07, 6.45) is 8.80. The van der Waals surface area contributed by atoms with E-state index in [1.54, 1.807) is 120 Å². The highest BCUT2D eigenvalue weighted by atomic mass is 35.5. The number of anilines is 8. The van der Waals surface area contributed by atoms with Gasteiger partial charge < -0.3 is 57.6 Å². The summed E-state index contributed by atoms with van der Waals surface area (Å²) in [4.78, 5) is 113. The van der Waals surface area contributed by atoms with Crippen molar-refractivity contribution in [1.29, 1.82) is 0 Å². The third-order valence-corrected chi connectivity index (χ3v) is 23.7. The Morgan fingerprint density at radius 3 is 1.24 bits per heavy atom. The van der Waals surface area contributed by atoms with Gasteiger partial charge in [0.2, 0.25) is 29.3 Å². The van der Waals surface area contributed by atoms with Gasteiger partial charge in [-0.3, -0.25) is 37.4 Å². The number of benzene rings is 7. The molecule has 1 aliphatic carbocycles. The standard InChI is InChI=1S/2C25H23ClN8O2.C23H20ClFN10O.C20H19ClN8O2/c1-4-17(30-22-20(21(27)28-12-29-22)24-33-32-14(3)36-24)23-31-18-10-6-9-16(26)19(18)25(35)34(23)15-8-5-7-13(2)11-15;1-4-16(30-22-20(21(27)28-12-29-22)24-33-32-14(3)36-24)23-31-17-10-7-9-15(26)19(17)25(35)34(23)18-11-6-5-8-13(18)2;1-3-15(29-20-18(19(26)27-11-28-20)21-31-33-34(2)32-21)22-30-16-9-5-8-14(24)17(16)23(36)35(22)13-7-4-6-12(25)10-13;1-9(25-17-15(16(22)23-8-24-17)18-26-10(2)31-28-18)19-27-13-5-3-4-12(21)14(13)20(30)29(19)11-6-7-11/h5-12,17H,4H2,1-3H3,(H3,27,28,29,30);5-12,16H,4H2,1-3H3,(H3,27,28,29,30);4-11,15H,3H2,1-2H3,(H3,26,27,28,29);3-5,8-9,11H,6-7H2,1-2H3,(H3,22,23,24,25)/t17-;16-;15-;9-/m0000/s1. The first-order chi connectivity index (χ1) is 67.1. The Morgan fingerprint density at radius 2 is 0.835 bits per heavy atom. The number of hydrogen-bond donors (Lipinski definition) is 8. The summed E-state index contributed by atoms with van der Waals surface area (Å²) >= 11 is 25.5. The second-order valence-electron chi connectivity index (χ2n) is 32.0. The zero-order valence-corrected chi connectivity index (χ0v) is 78.8. The minimum Gasteiger partial charge on any atom is -0.421 e. The van der Waals surface area contributed by atoms with E-state index in [9.17, 15) is 23.6 Å². The van der Waals surface area contributed by atoms with Crippen molar-refractivity contribution >= 4 is 137 Å². The minimum atomic E-state index is -0.561. The maximum atomic E-state index is 14.2. The molecule has 12 heterocycles. The summed E-state index contributed by atoms with van der Waals surface area (Å²) < 4.78 is 36.8. The minimum absolute atomic E-state index is 0.106. The topological polar surface area (TPSA) is 555 Å².